The number of benzene rings is 1. The van der Waals surface area contributed by atoms with Gasteiger partial charge in [-0.1, -0.05) is 17.7 Å². The summed E-state index contributed by atoms with van der Waals surface area (Å²) in [6.07, 6.45) is 0. The number of aromatic nitrogens is 1. The largest absolute Gasteiger partial charge is 0.494 e. The van der Waals surface area contributed by atoms with Crippen LogP contribution in [0.5, 0.6) is 17.4 Å². The monoisotopic (exact) mass is 293 g/mol. The first-order valence-corrected chi connectivity index (χ1v) is 6.28. The van der Waals surface area contributed by atoms with E-state index in [0.29, 0.717) is 18.1 Å². The van der Waals surface area contributed by atoms with Gasteiger partial charge in [0, 0.05) is 12.1 Å². The first-order chi connectivity index (χ1) is 9.58. The van der Waals surface area contributed by atoms with Crippen molar-refractivity contribution in [2.45, 2.75) is 6.92 Å². The van der Waals surface area contributed by atoms with Crippen molar-refractivity contribution < 1.29 is 19.4 Å². The Morgan fingerprint density at radius 2 is 2.05 bits per heavy atom. The van der Waals surface area contributed by atoms with Gasteiger partial charge in [-0.15, -0.1) is 0 Å². The molecule has 20 heavy (non-hydrogen) atoms. The van der Waals surface area contributed by atoms with Gasteiger partial charge in [0.15, 0.2) is 0 Å². The van der Waals surface area contributed by atoms with E-state index in [9.17, 15) is 4.79 Å². The van der Waals surface area contributed by atoms with Crippen LogP contribution < -0.4 is 9.47 Å². The Bertz CT molecular complexity index is 630. The van der Waals surface area contributed by atoms with Crippen LogP contribution in [-0.2, 0) is 0 Å². The van der Waals surface area contributed by atoms with Crippen LogP contribution in [0.25, 0.3) is 0 Å². The predicted octanol–water partition coefficient (Wildman–Crippen LogP) is 3.62. The maximum Gasteiger partial charge on any atom is 0.335 e. The molecule has 0 radical (unpaired) electrons. The molecule has 0 bridgehead atoms. The zero-order valence-electron chi connectivity index (χ0n) is 10.7. The van der Waals surface area contributed by atoms with Crippen LogP contribution in [0.1, 0.15) is 17.3 Å². The lowest BCUT2D eigenvalue weighted by Crippen LogP contribution is -1.99. The van der Waals surface area contributed by atoms with E-state index < -0.39 is 5.97 Å². The molecule has 104 valence electrons. The summed E-state index contributed by atoms with van der Waals surface area (Å²) >= 11 is 5.76. The smallest absolute Gasteiger partial charge is 0.335 e. The zero-order valence-corrected chi connectivity index (χ0v) is 11.4. The number of ether oxygens (including phenoxy) is 2. The van der Waals surface area contributed by atoms with E-state index in [1.807, 2.05) is 6.92 Å². The second kappa shape index (κ2) is 6.25. The van der Waals surface area contributed by atoms with Gasteiger partial charge in [-0.05, 0) is 25.1 Å². The Morgan fingerprint density at radius 1 is 1.30 bits per heavy atom. The number of hydrogen-bond donors (Lipinski definition) is 1. The molecule has 5 nitrogen and oxygen atoms in total. The van der Waals surface area contributed by atoms with Gasteiger partial charge in [0.1, 0.15) is 16.7 Å². The summed E-state index contributed by atoms with van der Waals surface area (Å²) in [5.74, 6) is 0.165. The van der Waals surface area contributed by atoms with Crippen molar-refractivity contribution in [1.29, 1.82) is 0 Å². The number of rotatable bonds is 5. The second-order valence-electron chi connectivity index (χ2n) is 3.83. The summed E-state index contributed by atoms with van der Waals surface area (Å²) in [4.78, 5) is 14.9. The van der Waals surface area contributed by atoms with Gasteiger partial charge in [0.05, 0.1) is 12.2 Å². The van der Waals surface area contributed by atoms with E-state index in [2.05, 4.69) is 4.98 Å². The van der Waals surface area contributed by atoms with E-state index in [-0.39, 0.29) is 16.6 Å². The molecular formula is C14H12ClNO4. The summed E-state index contributed by atoms with van der Waals surface area (Å²) in [6, 6.07) is 9.53. The van der Waals surface area contributed by atoms with Crippen LogP contribution in [0.2, 0.25) is 5.15 Å². The van der Waals surface area contributed by atoms with Crippen molar-refractivity contribution in [3.8, 4) is 17.4 Å². The zero-order chi connectivity index (χ0) is 14.5. The van der Waals surface area contributed by atoms with Crippen molar-refractivity contribution in [2.24, 2.45) is 0 Å². The molecule has 1 heterocycles. The van der Waals surface area contributed by atoms with Gasteiger partial charge in [-0.3, -0.25) is 0 Å². The lowest BCUT2D eigenvalue weighted by molar-refractivity contribution is 0.0696. The van der Waals surface area contributed by atoms with Crippen LogP contribution in [0.15, 0.2) is 36.4 Å². The summed E-state index contributed by atoms with van der Waals surface area (Å²) in [5, 5.41) is 9.01. The van der Waals surface area contributed by atoms with Crippen LogP contribution in [0.3, 0.4) is 0 Å². The van der Waals surface area contributed by atoms with Crippen molar-refractivity contribution >= 4 is 17.6 Å². The first kappa shape index (κ1) is 14.1. The molecule has 0 aliphatic carbocycles. The first-order valence-electron chi connectivity index (χ1n) is 5.90. The number of hydrogen-bond acceptors (Lipinski definition) is 4. The maximum absolute atomic E-state index is 10.9. The highest BCUT2D eigenvalue weighted by atomic mass is 35.5. The van der Waals surface area contributed by atoms with Crippen LogP contribution in [0, 0.1) is 0 Å². The van der Waals surface area contributed by atoms with Gasteiger partial charge in [0.25, 0.3) is 0 Å². The summed E-state index contributed by atoms with van der Waals surface area (Å²) in [7, 11) is 0. The third-order valence-corrected chi connectivity index (χ3v) is 2.55. The molecule has 0 aliphatic heterocycles. The van der Waals surface area contributed by atoms with Gasteiger partial charge < -0.3 is 14.6 Å². The van der Waals surface area contributed by atoms with E-state index in [0.717, 1.165) is 0 Å². The number of carboxylic acid groups (broad SMARTS) is 1. The third-order valence-electron chi connectivity index (χ3n) is 2.36. The minimum Gasteiger partial charge on any atom is -0.494 e. The summed E-state index contributed by atoms with van der Waals surface area (Å²) in [6.45, 7) is 2.42. The molecule has 1 aromatic carbocycles. The molecule has 2 rings (SSSR count). The van der Waals surface area contributed by atoms with E-state index in [4.69, 9.17) is 26.2 Å². The fraction of sp³-hybridized carbons (Fsp3) is 0.143. The van der Waals surface area contributed by atoms with Crippen molar-refractivity contribution in [3.05, 3.63) is 47.1 Å². The molecule has 2 aromatic rings. The highest BCUT2D eigenvalue weighted by molar-refractivity contribution is 6.29. The molecule has 0 spiro atoms. The number of aromatic carboxylic acids is 1. The molecule has 0 saturated heterocycles. The average Bonchev–Trinajstić information content (AvgIpc) is 2.38. The maximum atomic E-state index is 10.9. The van der Waals surface area contributed by atoms with Crippen LogP contribution >= 0.6 is 11.6 Å². The Hall–Kier alpha value is -2.27. The Kier molecular flexibility index (Phi) is 4.42. The fourth-order valence-electron chi connectivity index (χ4n) is 1.56. The minimum atomic E-state index is -1.10. The van der Waals surface area contributed by atoms with Gasteiger partial charge in [-0.25, -0.2) is 9.78 Å². The molecule has 6 heteroatoms. The van der Waals surface area contributed by atoms with Crippen LogP contribution in [0.4, 0.5) is 0 Å². The molecule has 0 saturated carbocycles. The molecule has 0 amide bonds. The molecule has 1 aromatic heterocycles. The Balaban J connectivity index is 2.25. The topological polar surface area (TPSA) is 68.7 Å². The molecule has 0 unspecified atom stereocenters. The number of carboxylic acids is 1. The quantitative estimate of drug-likeness (QED) is 0.853. The van der Waals surface area contributed by atoms with Crippen LogP contribution in [-0.4, -0.2) is 22.7 Å². The standard InChI is InChI=1S/C14H12ClNO4/c1-2-19-10-4-3-5-11(8-10)20-13-7-9(14(17)18)6-12(15)16-13/h3-8H,2H2,1H3,(H,17,18). The molecule has 0 aliphatic rings. The van der Waals surface area contributed by atoms with E-state index >= 15 is 0 Å². The third kappa shape index (κ3) is 3.61. The number of carbonyl (C=O) groups is 1. The van der Waals surface area contributed by atoms with Gasteiger partial charge in [0.2, 0.25) is 5.88 Å². The highest BCUT2D eigenvalue weighted by Gasteiger charge is 2.09. The van der Waals surface area contributed by atoms with Gasteiger partial charge in [-0.2, -0.15) is 0 Å². The number of nitrogens with zero attached hydrogens (tertiary/aromatic N) is 1. The lowest BCUT2D eigenvalue weighted by atomic mass is 10.3. The van der Waals surface area contributed by atoms with Crippen molar-refractivity contribution in [3.63, 3.8) is 0 Å². The second-order valence-corrected chi connectivity index (χ2v) is 4.22. The molecular weight excluding hydrogens is 282 g/mol. The normalized spacial score (nSPS) is 10.1. The fourth-order valence-corrected chi connectivity index (χ4v) is 1.76. The van der Waals surface area contributed by atoms with Crippen molar-refractivity contribution in [1.82, 2.24) is 4.98 Å². The molecule has 1 N–H and O–H groups in total. The Morgan fingerprint density at radius 3 is 2.75 bits per heavy atom. The lowest BCUT2D eigenvalue weighted by Gasteiger charge is -2.08. The van der Waals surface area contributed by atoms with E-state index in [1.165, 1.54) is 12.1 Å². The Labute approximate surface area is 120 Å². The summed E-state index contributed by atoms with van der Waals surface area (Å²) in [5.41, 5.74) is 0.0148. The molecule has 0 atom stereocenters. The molecule has 0 fully saturated rings. The average molecular weight is 294 g/mol. The number of pyridine rings is 1. The number of halogens is 1. The highest BCUT2D eigenvalue weighted by Crippen LogP contribution is 2.26. The minimum absolute atomic E-state index is 0.0148. The van der Waals surface area contributed by atoms with Gasteiger partial charge >= 0.3 is 5.97 Å². The van der Waals surface area contributed by atoms with Crippen molar-refractivity contribution in [2.75, 3.05) is 6.61 Å². The SMILES string of the molecule is CCOc1cccc(Oc2cc(C(=O)O)cc(Cl)n2)c1. The summed E-state index contributed by atoms with van der Waals surface area (Å²) < 4.78 is 10.8. The van der Waals surface area contributed by atoms with E-state index in [1.54, 1.807) is 24.3 Å². The predicted molar refractivity (Wildman–Crippen MR) is 73.9 cm³/mol.